The summed E-state index contributed by atoms with van der Waals surface area (Å²) < 4.78 is 4.91. The number of hydrogen-bond donors (Lipinski definition) is 3. The maximum absolute atomic E-state index is 12.3. The first-order valence-corrected chi connectivity index (χ1v) is 8.43. The molecule has 0 aliphatic carbocycles. The lowest BCUT2D eigenvalue weighted by molar-refractivity contribution is -0.384. The van der Waals surface area contributed by atoms with Gasteiger partial charge in [-0.05, 0) is 18.6 Å². The van der Waals surface area contributed by atoms with Gasteiger partial charge in [-0.3, -0.25) is 14.9 Å². The molecule has 0 aliphatic heterocycles. The molecule has 3 aromatic rings. The zero-order valence-electron chi connectivity index (χ0n) is 15.2. The number of nitrogens with one attached hydrogen (secondary N) is 1. The average Bonchev–Trinajstić information content (AvgIpc) is 2.70. The molecule has 0 atom stereocenters. The smallest absolute Gasteiger partial charge is 0.342 e. The van der Waals surface area contributed by atoms with Crippen LogP contribution in [0.2, 0.25) is 0 Å². The van der Waals surface area contributed by atoms with E-state index in [9.17, 15) is 29.9 Å². The summed E-state index contributed by atoms with van der Waals surface area (Å²) in [7, 11) is 0. The van der Waals surface area contributed by atoms with Gasteiger partial charge >= 0.3 is 5.97 Å². The molecule has 0 unspecified atom stereocenters. The van der Waals surface area contributed by atoms with E-state index in [1.807, 2.05) is 0 Å². The summed E-state index contributed by atoms with van der Waals surface area (Å²) in [5.74, 6) is -2.32. The Balaban J connectivity index is 1.72. The molecule has 3 N–H and O–H groups in total. The molecule has 0 aromatic heterocycles. The third-order valence-electron chi connectivity index (χ3n) is 4.25. The monoisotopic (exact) mass is 396 g/mol. The van der Waals surface area contributed by atoms with Crippen LogP contribution in [0.5, 0.6) is 11.5 Å². The average molecular weight is 396 g/mol. The Morgan fingerprint density at radius 1 is 1.10 bits per heavy atom. The molecular formula is C20H16N2O7. The number of rotatable bonds is 5. The predicted molar refractivity (Wildman–Crippen MR) is 104 cm³/mol. The highest BCUT2D eigenvalue weighted by molar-refractivity contribution is 6.04. The Bertz CT molecular complexity index is 1140. The van der Waals surface area contributed by atoms with E-state index in [4.69, 9.17) is 4.74 Å². The van der Waals surface area contributed by atoms with Gasteiger partial charge in [0, 0.05) is 22.9 Å². The van der Waals surface area contributed by atoms with Crippen LogP contribution in [0.4, 0.5) is 11.4 Å². The number of carbonyl (C=O) groups is 2. The number of esters is 1. The number of nitro groups is 1. The zero-order valence-corrected chi connectivity index (χ0v) is 15.2. The number of aromatic hydroxyl groups is 2. The van der Waals surface area contributed by atoms with Crippen molar-refractivity contribution in [3.63, 3.8) is 0 Å². The summed E-state index contributed by atoms with van der Waals surface area (Å²) in [5.41, 5.74) is 0.318. The van der Waals surface area contributed by atoms with Crippen LogP contribution in [0.3, 0.4) is 0 Å². The van der Waals surface area contributed by atoms with Crippen LogP contribution < -0.4 is 5.32 Å². The van der Waals surface area contributed by atoms with Gasteiger partial charge in [-0.1, -0.05) is 30.3 Å². The third kappa shape index (κ3) is 4.08. The second-order valence-electron chi connectivity index (χ2n) is 6.22. The molecule has 9 heteroatoms. The van der Waals surface area contributed by atoms with Gasteiger partial charge in [-0.2, -0.15) is 0 Å². The molecule has 0 saturated carbocycles. The fourth-order valence-corrected chi connectivity index (χ4v) is 2.75. The maximum atomic E-state index is 12.3. The number of anilines is 1. The highest BCUT2D eigenvalue weighted by Gasteiger charge is 2.19. The fourth-order valence-electron chi connectivity index (χ4n) is 2.75. The number of aryl methyl sites for hydroxylation is 1. The topological polar surface area (TPSA) is 139 Å². The number of ether oxygens (including phenoxy) is 1. The molecule has 3 rings (SSSR count). The molecule has 0 radical (unpaired) electrons. The lowest BCUT2D eigenvalue weighted by atomic mass is 10.0. The van der Waals surface area contributed by atoms with Gasteiger partial charge in [0.2, 0.25) is 0 Å². The van der Waals surface area contributed by atoms with E-state index in [2.05, 4.69) is 5.32 Å². The third-order valence-corrected chi connectivity index (χ3v) is 4.25. The van der Waals surface area contributed by atoms with Crippen molar-refractivity contribution < 1.29 is 29.5 Å². The SMILES string of the molecule is Cc1ccc([N+](=O)[O-])cc1NC(=O)COC(=O)c1cc(O)c2ccccc2c1O. The standard InChI is InChI=1S/C20H16N2O7/c1-11-6-7-12(22(27)28)8-16(11)21-18(24)10-29-20(26)15-9-17(23)13-4-2-3-5-14(13)19(15)25/h2-9,23,25H,10H2,1H3,(H,21,24). The van der Waals surface area contributed by atoms with Gasteiger partial charge in [0.1, 0.15) is 17.1 Å². The number of non-ortho nitro benzene ring substituents is 1. The second-order valence-corrected chi connectivity index (χ2v) is 6.22. The quantitative estimate of drug-likeness (QED) is 0.260. The van der Waals surface area contributed by atoms with E-state index in [1.54, 1.807) is 25.1 Å². The normalized spacial score (nSPS) is 10.5. The largest absolute Gasteiger partial charge is 0.507 e. The van der Waals surface area contributed by atoms with Crippen LogP contribution in [0, 0.1) is 17.0 Å². The Morgan fingerprint density at radius 3 is 2.48 bits per heavy atom. The van der Waals surface area contributed by atoms with Crippen LogP contribution in [0.25, 0.3) is 10.8 Å². The molecule has 0 saturated heterocycles. The predicted octanol–water partition coefficient (Wildman–Crippen LogP) is 3.26. The van der Waals surface area contributed by atoms with Crippen LogP contribution in [-0.4, -0.2) is 33.6 Å². The van der Waals surface area contributed by atoms with Crippen molar-refractivity contribution >= 4 is 34.0 Å². The van der Waals surface area contributed by atoms with E-state index in [-0.39, 0.29) is 33.8 Å². The fraction of sp³-hybridized carbons (Fsp3) is 0.100. The Morgan fingerprint density at radius 2 is 1.79 bits per heavy atom. The Kier molecular flexibility index (Phi) is 5.31. The first-order valence-electron chi connectivity index (χ1n) is 8.43. The van der Waals surface area contributed by atoms with Crippen molar-refractivity contribution in [2.24, 2.45) is 0 Å². The van der Waals surface area contributed by atoms with Gasteiger partial charge in [0.15, 0.2) is 6.61 Å². The molecule has 0 fully saturated rings. The first kappa shape index (κ1) is 19.6. The summed E-state index contributed by atoms with van der Waals surface area (Å²) >= 11 is 0. The minimum atomic E-state index is -1.01. The van der Waals surface area contributed by atoms with Crippen LogP contribution in [0.15, 0.2) is 48.5 Å². The molecule has 0 aliphatic rings. The molecule has 0 spiro atoms. The van der Waals surface area contributed by atoms with Gasteiger partial charge in [0.25, 0.3) is 11.6 Å². The van der Waals surface area contributed by atoms with Crippen LogP contribution in [0.1, 0.15) is 15.9 Å². The highest BCUT2D eigenvalue weighted by atomic mass is 16.6. The first-order chi connectivity index (χ1) is 13.8. The summed E-state index contributed by atoms with van der Waals surface area (Å²) in [5, 5.41) is 34.2. The number of fused-ring (bicyclic) bond motifs is 1. The summed E-state index contributed by atoms with van der Waals surface area (Å²) in [4.78, 5) is 34.6. The molecule has 9 nitrogen and oxygen atoms in total. The van der Waals surface area contributed by atoms with Crippen LogP contribution in [-0.2, 0) is 9.53 Å². The van der Waals surface area contributed by atoms with Crippen molar-refractivity contribution in [2.45, 2.75) is 6.92 Å². The van der Waals surface area contributed by atoms with Gasteiger partial charge in [-0.25, -0.2) is 4.79 Å². The van der Waals surface area contributed by atoms with Crippen LogP contribution >= 0.6 is 0 Å². The van der Waals surface area contributed by atoms with E-state index in [0.717, 1.165) is 6.07 Å². The van der Waals surface area contributed by atoms with Crippen molar-refractivity contribution in [1.82, 2.24) is 0 Å². The number of phenolic OH excluding ortho intramolecular Hbond substituents is 2. The lowest BCUT2D eigenvalue weighted by Crippen LogP contribution is -2.21. The number of nitro benzene ring substituents is 1. The molecular weight excluding hydrogens is 380 g/mol. The number of carbonyl (C=O) groups excluding carboxylic acids is 2. The molecule has 1 amide bonds. The van der Waals surface area contributed by atoms with E-state index >= 15 is 0 Å². The summed E-state index contributed by atoms with van der Waals surface area (Å²) in [6.45, 7) is 0.967. The van der Waals surface area contributed by atoms with Crippen molar-refractivity contribution in [3.05, 3.63) is 69.8 Å². The lowest BCUT2D eigenvalue weighted by Gasteiger charge is -2.11. The number of nitrogens with zero attached hydrogens (tertiary/aromatic N) is 1. The molecule has 29 heavy (non-hydrogen) atoms. The van der Waals surface area contributed by atoms with Crippen molar-refractivity contribution in [3.8, 4) is 11.5 Å². The van der Waals surface area contributed by atoms with Crippen molar-refractivity contribution in [2.75, 3.05) is 11.9 Å². The Labute approximate surface area is 164 Å². The van der Waals surface area contributed by atoms with Gasteiger partial charge in [-0.15, -0.1) is 0 Å². The molecule has 3 aromatic carbocycles. The Hall–Kier alpha value is -4.14. The van der Waals surface area contributed by atoms with Gasteiger partial charge < -0.3 is 20.3 Å². The maximum Gasteiger partial charge on any atom is 0.342 e. The minimum absolute atomic E-state index is 0.195. The molecule has 0 bridgehead atoms. The van der Waals surface area contributed by atoms with Gasteiger partial charge in [0.05, 0.1) is 10.6 Å². The number of hydrogen-bond acceptors (Lipinski definition) is 7. The molecule has 148 valence electrons. The number of benzene rings is 3. The number of phenols is 2. The van der Waals surface area contributed by atoms with Crippen molar-refractivity contribution in [1.29, 1.82) is 0 Å². The summed E-state index contributed by atoms with van der Waals surface area (Å²) in [6, 6.07) is 11.4. The van der Waals surface area contributed by atoms with E-state index in [0.29, 0.717) is 10.9 Å². The molecule has 0 heterocycles. The highest BCUT2D eigenvalue weighted by Crippen LogP contribution is 2.35. The van der Waals surface area contributed by atoms with E-state index in [1.165, 1.54) is 24.3 Å². The summed E-state index contributed by atoms with van der Waals surface area (Å²) in [6.07, 6.45) is 0. The van der Waals surface area contributed by atoms with E-state index < -0.39 is 23.4 Å². The zero-order chi connectivity index (χ0) is 21.1. The second kappa shape index (κ2) is 7.85. The number of amides is 1. The minimum Gasteiger partial charge on any atom is -0.507 e.